The first kappa shape index (κ1) is 16.3. The van der Waals surface area contributed by atoms with E-state index >= 15 is 0 Å². The van der Waals surface area contributed by atoms with Crippen LogP contribution >= 0.6 is 11.3 Å². The largest absolute Gasteiger partial charge is 0.370 e. The van der Waals surface area contributed by atoms with E-state index in [9.17, 15) is 0 Å². The first-order valence-electron chi connectivity index (χ1n) is 7.96. The monoisotopic (exact) mass is 308 g/mol. The van der Waals surface area contributed by atoms with E-state index in [0.29, 0.717) is 18.5 Å². The van der Waals surface area contributed by atoms with Crippen LogP contribution in [0.4, 0.5) is 0 Å². The fourth-order valence-corrected chi connectivity index (χ4v) is 3.47. The second-order valence-electron chi connectivity index (χ2n) is 6.93. The molecule has 0 aromatic carbocycles. The molecule has 0 aliphatic heterocycles. The molecule has 4 nitrogen and oxygen atoms in total. The van der Waals surface area contributed by atoms with E-state index in [2.05, 4.69) is 41.4 Å². The Morgan fingerprint density at radius 1 is 1.33 bits per heavy atom. The lowest BCUT2D eigenvalue weighted by molar-refractivity contribution is 0.530. The number of aromatic nitrogens is 1. The van der Waals surface area contributed by atoms with Crippen molar-refractivity contribution in [3.63, 3.8) is 0 Å². The number of hydrogen-bond donors (Lipinski definition) is 2. The third-order valence-electron chi connectivity index (χ3n) is 3.81. The van der Waals surface area contributed by atoms with Gasteiger partial charge in [-0.25, -0.2) is 9.98 Å². The van der Waals surface area contributed by atoms with Crippen LogP contribution in [0.3, 0.4) is 0 Å². The zero-order chi connectivity index (χ0) is 15.3. The fourth-order valence-electron chi connectivity index (χ4n) is 2.57. The van der Waals surface area contributed by atoms with Crippen LogP contribution < -0.4 is 11.1 Å². The van der Waals surface area contributed by atoms with Gasteiger partial charge in [0.2, 0.25) is 0 Å². The molecular formula is C16H28N4S. The molecule has 1 aromatic rings. The Labute approximate surface area is 132 Å². The summed E-state index contributed by atoms with van der Waals surface area (Å²) >= 11 is 1.70. The van der Waals surface area contributed by atoms with Crippen LogP contribution in [0.2, 0.25) is 0 Å². The van der Waals surface area contributed by atoms with E-state index in [-0.39, 0.29) is 5.41 Å². The van der Waals surface area contributed by atoms with Crippen molar-refractivity contribution in [2.45, 2.75) is 77.3 Å². The molecule has 0 saturated heterocycles. The number of hydrogen-bond acceptors (Lipinski definition) is 3. The van der Waals surface area contributed by atoms with Crippen LogP contribution in [-0.4, -0.2) is 17.0 Å². The molecule has 0 unspecified atom stereocenters. The molecule has 1 aliphatic carbocycles. The molecule has 2 rings (SSSR count). The summed E-state index contributed by atoms with van der Waals surface area (Å²) in [6.07, 6.45) is 7.72. The molecule has 21 heavy (non-hydrogen) atoms. The Morgan fingerprint density at radius 2 is 2.00 bits per heavy atom. The zero-order valence-electron chi connectivity index (χ0n) is 13.5. The number of thiazole rings is 1. The molecule has 1 aliphatic rings. The normalized spacial score (nSPS) is 18.5. The standard InChI is InChI=1S/C16H28N4S/c1-16(2,3)14-19-13(11-21-14)10-18-15(17)20-12-8-6-4-5-7-9-12/h11-12H,4-10H2,1-3H3,(H3,17,18,20). The summed E-state index contributed by atoms with van der Waals surface area (Å²) in [5.41, 5.74) is 7.13. The Balaban J connectivity index is 1.86. The highest BCUT2D eigenvalue weighted by atomic mass is 32.1. The smallest absolute Gasteiger partial charge is 0.189 e. The molecule has 0 amide bonds. The van der Waals surface area contributed by atoms with E-state index in [0.717, 1.165) is 10.7 Å². The van der Waals surface area contributed by atoms with Crippen molar-refractivity contribution < 1.29 is 0 Å². The van der Waals surface area contributed by atoms with Gasteiger partial charge in [-0.05, 0) is 12.8 Å². The number of guanidine groups is 1. The minimum atomic E-state index is 0.108. The van der Waals surface area contributed by atoms with Gasteiger partial charge in [0.15, 0.2) is 5.96 Å². The molecule has 3 N–H and O–H groups in total. The van der Waals surface area contributed by atoms with Gasteiger partial charge in [0.25, 0.3) is 0 Å². The summed E-state index contributed by atoms with van der Waals surface area (Å²) in [5.74, 6) is 0.562. The van der Waals surface area contributed by atoms with E-state index in [4.69, 9.17) is 5.73 Å². The van der Waals surface area contributed by atoms with Gasteiger partial charge in [-0.1, -0.05) is 46.5 Å². The number of rotatable bonds is 3. The predicted molar refractivity (Wildman–Crippen MR) is 90.8 cm³/mol. The van der Waals surface area contributed by atoms with Crippen LogP contribution in [0.5, 0.6) is 0 Å². The number of nitrogens with one attached hydrogen (secondary N) is 1. The van der Waals surface area contributed by atoms with Gasteiger partial charge in [-0.15, -0.1) is 11.3 Å². The second kappa shape index (κ2) is 7.25. The summed E-state index contributed by atoms with van der Waals surface area (Å²) in [6.45, 7) is 7.11. The Bertz CT molecular complexity index is 465. The summed E-state index contributed by atoms with van der Waals surface area (Å²) < 4.78 is 0. The van der Waals surface area contributed by atoms with Gasteiger partial charge in [-0.2, -0.15) is 0 Å². The number of aliphatic imine (C=N–C) groups is 1. The van der Waals surface area contributed by atoms with Gasteiger partial charge >= 0.3 is 0 Å². The minimum Gasteiger partial charge on any atom is -0.370 e. The van der Waals surface area contributed by atoms with E-state index < -0.39 is 0 Å². The quantitative estimate of drug-likeness (QED) is 0.510. The molecule has 0 bridgehead atoms. The highest BCUT2D eigenvalue weighted by molar-refractivity contribution is 7.09. The summed E-state index contributed by atoms with van der Waals surface area (Å²) in [5, 5.41) is 6.61. The van der Waals surface area contributed by atoms with Crippen LogP contribution in [0, 0.1) is 0 Å². The zero-order valence-corrected chi connectivity index (χ0v) is 14.3. The van der Waals surface area contributed by atoms with Crippen molar-refractivity contribution >= 4 is 17.3 Å². The van der Waals surface area contributed by atoms with Crippen molar-refractivity contribution in [1.82, 2.24) is 10.3 Å². The maximum atomic E-state index is 6.01. The van der Waals surface area contributed by atoms with Crippen molar-refractivity contribution in [2.24, 2.45) is 10.7 Å². The lowest BCUT2D eigenvalue weighted by atomic mass is 9.98. The molecule has 0 atom stereocenters. The predicted octanol–water partition coefficient (Wildman–Crippen LogP) is 3.57. The van der Waals surface area contributed by atoms with E-state index in [1.165, 1.54) is 38.5 Å². The Hall–Kier alpha value is -1.10. The average molecular weight is 308 g/mol. The van der Waals surface area contributed by atoms with Crippen LogP contribution in [-0.2, 0) is 12.0 Å². The number of nitrogens with zero attached hydrogens (tertiary/aromatic N) is 2. The van der Waals surface area contributed by atoms with E-state index in [1.807, 2.05) is 0 Å². The van der Waals surface area contributed by atoms with Gasteiger partial charge in [0.1, 0.15) is 0 Å². The molecule has 1 saturated carbocycles. The summed E-state index contributed by atoms with van der Waals surface area (Å²) in [4.78, 5) is 9.09. The Kier molecular flexibility index (Phi) is 5.62. The van der Waals surface area contributed by atoms with Crippen molar-refractivity contribution in [1.29, 1.82) is 0 Å². The molecule has 1 heterocycles. The van der Waals surface area contributed by atoms with E-state index in [1.54, 1.807) is 11.3 Å². The molecule has 1 fully saturated rings. The summed E-state index contributed by atoms with van der Waals surface area (Å²) in [7, 11) is 0. The highest BCUT2D eigenvalue weighted by Crippen LogP contribution is 2.25. The van der Waals surface area contributed by atoms with Crippen molar-refractivity contribution in [3.05, 3.63) is 16.1 Å². The second-order valence-corrected chi connectivity index (χ2v) is 7.79. The van der Waals surface area contributed by atoms with Gasteiger partial charge < -0.3 is 11.1 Å². The first-order valence-corrected chi connectivity index (χ1v) is 8.84. The maximum absolute atomic E-state index is 6.01. The molecule has 0 radical (unpaired) electrons. The SMILES string of the molecule is CC(C)(C)c1nc(CN=C(N)NC2CCCCCC2)cs1. The molecule has 1 aromatic heterocycles. The topological polar surface area (TPSA) is 63.3 Å². The first-order chi connectivity index (χ1) is 9.95. The number of nitrogens with two attached hydrogens (primary N) is 1. The van der Waals surface area contributed by atoms with Crippen LogP contribution in [0.25, 0.3) is 0 Å². The van der Waals surface area contributed by atoms with Crippen LogP contribution in [0.15, 0.2) is 10.4 Å². The molecule has 5 heteroatoms. The molecule has 0 spiro atoms. The fraction of sp³-hybridized carbons (Fsp3) is 0.750. The van der Waals surface area contributed by atoms with Crippen LogP contribution in [0.1, 0.15) is 70.0 Å². The van der Waals surface area contributed by atoms with Crippen molar-refractivity contribution in [2.75, 3.05) is 0 Å². The minimum absolute atomic E-state index is 0.108. The van der Waals surface area contributed by atoms with Gasteiger partial charge in [0.05, 0.1) is 17.2 Å². The molecule has 118 valence electrons. The maximum Gasteiger partial charge on any atom is 0.189 e. The lowest BCUT2D eigenvalue weighted by Gasteiger charge is -2.16. The summed E-state index contributed by atoms with van der Waals surface area (Å²) in [6, 6.07) is 0.497. The molecular weight excluding hydrogens is 280 g/mol. The lowest BCUT2D eigenvalue weighted by Crippen LogP contribution is -2.39. The third-order valence-corrected chi connectivity index (χ3v) is 5.13. The van der Waals surface area contributed by atoms with Gasteiger partial charge in [0, 0.05) is 16.8 Å². The Morgan fingerprint density at radius 3 is 2.57 bits per heavy atom. The highest BCUT2D eigenvalue weighted by Gasteiger charge is 2.18. The van der Waals surface area contributed by atoms with Crippen molar-refractivity contribution in [3.8, 4) is 0 Å². The average Bonchev–Trinajstić information content (AvgIpc) is 2.76. The van der Waals surface area contributed by atoms with Gasteiger partial charge in [-0.3, -0.25) is 0 Å². The third kappa shape index (κ3) is 5.30.